The first-order valence-electron chi connectivity index (χ1n) is 10.0. The van der Waals surface area contributed by atoms with Crippen LogP contribution in [0.5, 0.6) is 5.75 Å². The first-order chi connectivity index (χ1) is 14.2. The van der Waals surface area contributed by atoms with E-state index in [1.807, 2.05) is 47.5 Å². The van der Waals surface area contributed by atoms with Crippen molar-refractivity contribution < 1.29 is 9.53 Å². The van der Waals surface area contributed by atoms with Crippen LogP contribution < -0.4 is 4.74 Å². The molecule has 1 saturated heterocycles. The van der Waals surface area contributed by atoms with Crippen LogP contribution in [-0.4, -0.2) is 40.5 Å². The molecule has 0 unspecified atom stereocenters. The summed E-state index contributed by atoms with van der Waals surface area (Å²) >= 11 is 0. The van der Waals surface area contributed by atoms with Crippen molar-refractivity contribution in [1.82, 2.24) is 14.9 Å². The van der Waals surface area contributed by atoms with E-state index in [-0.39, 0.29) is 18.4 Å². The second-order valence-corrected chi connectivity index (χ2v) is 7.48. The van der Waals surface area contributed by atoms with Crippen LogP contribution in [0.25, 0.3) is 11.3 Å². The van der Waals surface area contributed by atoms with Crippen LogP contribution in [0.4, 0.5) is 0 Å². The number of piperidine rings is 1. The van der Waals surface area contributed by atoms with Crippen molar-refractivity contribution in [2.75, 3.05) is 19.7 Å². The van der Waals surface area contributed by atoms with Gasteiger partial charge in [-0.15, -0.1) is 0 Å². The molecule has 5 nitrogen and oxygen atoms in total. The van der Waals surface area contributed by atoms with Crippen LogP contribution in [0.15, 0.2) is 67.0 Å². The minimum Gasteiger partial charge on any atom is -0.484 e. The quantitative estimate of drug-likeness (QED) is 0.657. The summed E-state index contributed by atoms with van der Waals surface area (Å²) in [5.74, 6) is 0.925. The van der Waals surface area contributed by atoms with Gasteiger partial charge in [-0.05, 0) is 38.0 Å². The van der Waals surface area contributed by atoms with E-state index in [0.717, 1.165) is 36.3 Å². The lowest BCUT2D eigenvalue weighted by molar-refractivity contribution is -0.134. The molecule has 2 heterocycles. The van der Waals surface area contributed by atoms with Gasteiger partial charge >= 0.3 is 0 Å². The molecule has 0 aliphatic carbocycles. The third-order valence-corrected chi connectivity index (χ3v) is 5.26. The van der Waals surface area contributed by atoms with Crippen LogP contribution in [0, 0.1) is 6.92 Å². The highest BCUT2D eigenvalue weighted by atomic mass is 16.5. The fourth-order valence-corrected chi connectivity index (χ4v) is 3.72. The number of carbonyl (C=O) groups is 1. The Bertz CT molecular complexity index is 975. The number of aromatic nitrogens is 2. The summed E-state index contributed by atoms with van der Waals surface area (Å²) in [6.45, 7) is 3.55. The number of ether oxygens (including phenoxy) is 1. The van der Waals surface area contributed by atoms with E-state index < -0.39 is 0 Å². The van der Waals surface area contributed by atoms with Gasteiger partial charge in [-0.1, -0.05) is 42.0 Å². The zero-order chi connectivity index (χ0) is 20.1. The molecule has 1 aliphatic rings. The number of aryl methyl sites for hydroxylation is 1. The van der Waals surface area contributed by atoms with Gasteiger partial charge in [0.2, 0.25) is 0 Å². The molecule has 29 heavy (non-hydrogen) atoms. The second kappa shape index (κ2) is 8.86. The van der Waals surface area contributed by atoms with Crippen molar-refractivity contribution in [3.8, 4) is 17.0 Å². The number of rotatable bonds is 5. The average Bonchev–Trinajstić information content (AvgIpc) is 2.78. The monoisotopic (exact) mass is 387 g/mol. The molecule has 1 aliphatic heterocycles. The summed E-state index contributed by atoms with van der Waals surface area (Å²) in [4.78, 5) is 23.8. The highest BCUT2D eigenvalue weighted by molar-refractivity contribution is 5.78. The molecule has 3 aromatic rings. The lowest BCUT2D eigenvalue weighted by Gasteiger charge is -2.32. The Hall–Kier alpha value is -3.21. The van der Waals surface area contributed by atoms with E-state index in [1.54, 1.807) is 6.20 Å². The van der Waals surface area contributed by atoms with Gasteiger partial charge in [0.25, 0.3) is 5.91 Å². The molecule has 4 rings (SSSR count). The molecule has 148 valence electrons. The van der Waals surface area contributed by atoms with Gasteiger partial charge in [-0.3, -0.25) is 9.78 Å². The van der Waals surface area contributed by atoms with Gasteiger partial charge in [0, 0.05) is 30.8 Å². The topological polar surface area (TPSA) is 55.3 Å². The Morgan fingerprint density at radius 1 is 1.14 bits per heavy atom. The largest absolute Gasteiger partial charge is 0.484 e. The number of para-hydroxylation sites is 1. The summed E-state index contributed by atoms with van der Waals surface area (Å²) in [6.07, 6.45) is 5.60. The van der Waals surface area contributed by atoms with Gasteiger partial charge in [0.05, 0.1) is 17.6 Å². The van der Waals surface area contributed by atoms with Crippen LogP contribution >= 0.6 is 0 Å². The Morgan fingerprint density at radius 2 is 2.00 bits per heavy atom. The zero-order valence-electron chi connectivity index (χ0n) is 16.6. The number of amides is 1. The van der Waals surface area contributed by atoms with Crippen LogP contribution in [0.3, 0.4) is 0 Å². The highest BCUT2D eigenvalue weighted by Gasteiger charge is 2.26. The molecular formula is C24H25N3O2. The predicted molar refractivity (Wildman–Crippen MR) is 113 cm³/mol. The zero-order valence-corrected chi connectivity index (χ0v) is 16.6. The Morgan fingerprint density at radius 3 is 2.83 bits per heavy atom. The van der Waals surface area contributed by atoms with Gasteiger partial charge < -0.3 is 9.64 Å². The Labute approximate surface area is 171 Å². The van der Waals surface area contributed by atoms with Crippen molar-refractivity contribution in [1.29, 1.82) is 0 Å². The van der Waals surface area contributed by atoms with E-state index in [2.05, 4.69) is 30.1 Å². The standard InChI is InChI=1S/C24H25N3O2/c1-18-7-5-8-19(13-18)22-14-25-15-23(26-22)20-9-6-12-27(16-20)24(28)17-29-21-10-3-2-4-11-21/h2-5,7-8,10-11,13-15,20H,6,9,12,16-17H2,1H3/t20-/m1/s1. The molecule has 0 spiro atoms. The van der Waals surface area contributed by atoms with E-state index >= 15 is 0 Å². The van der Waals surface area contributed by atoms with Crippen molar-refractivity contribution in [3.05, 3.63) is 78.2 Å². The Kier molecular flexibility index (Phi) is 5.84. The maximum Gasteiger partial charge on any atom is 0.260 e. The molecular weight excluding hydrogens is 362 g/mol. The summed E-state index contributed by atoms with van der Waals surface area (Å²) < 4.78 is 5.63. The molecule has 2 aromatic carbocycles. The Balaban J connectivity index is 1.43. The van der Waals surface area contributed by atoms with Crippen molar-refractivity contribution >= 4 is 5.91 Å². The van der Waals surface area contributed by atoms with Gasteiger partial charge in [-0.2, -0.15) is 0 Å². The number of hydrogen-bond donors (Lipinski definition) is 0. The minimum absolute atomic E-state index is 0.0151. The first kappa shape index (κ1) is 19.1. The van der Waals surface area contributed by atoms with Gasteiger partial charge in [0.1, 0.15) is 5.75 Å². The molecule has 1 atom stereocenters. The third-order valence-electron chi connectivity index (χ3n) is 5.26. The predicted octanol–water partition coefficient (Wildman–Crippen LogP) is 4.24. The maximum atomic E-state index is 12.6. The second-order valence-electron chi connectivity index (χ2n) is 7.48. The minimum atomic E-state index is 0.0151. The molecule has 1 aromatic heterocycles. The fourth-order valence-electron chi connectivity index (χ4n) is 3.72. The molecule has 1 fully saturated rings. The first-order valence-corrected chi connectivity index (χ1v) is 10.0. The number of hydrogen-bond acceptors (Lipinski definition) is 4. The smallest absolute Gasteiger partial charge is 0.260 e. The average molecular weight is 387 g/mol. The third kappa shape index (κ3) is 4.80. The van der Waals surface area contributed by atoms with Crippen molar-refractivity contribution in [2.45, 2.75) is 25.7 Å². The van der Waals surface area contributed by atoms with Crippen molar-refractivity contribution in [2.24, 2.45) is 0 Å². The molecule has 0 saturated carbocycles. The van der Waals surface area contributed by atoms with Crippen molar-refractivity contribution in [3.63, 3.8) is 0 Å². The highest BCUT2D eigenvalue weighted by Crippen LogP contribution is 2.27. The molecule has 1 amide bonds. The summed E-state index contributed by atoms with van der Waals surface area (Å²) in [5, 5.41) is 0. The number of likely N-dealkylation sites (tertiary alicyclic amines) is 1. The molecule has 0 bridgehead atoms. The maximum absolute atomic E-state index is 12.6. The summed E-state index contributed by atoms with van der Waals surface area (Å²) in [5.41, 5.74) is 4.09. The van der Waals surface area contributed by atoms with E-state index in [4.69, 9.17) is 9.72 Å². The summed E-state index contributed by atoms with van der Waals surface area (Å²) in [6, 6.07) is 17.7. The van der Waals surface area contributed by atoms with E-state index in [9.17, 15) is 4.79 Å². The number of benzene rings is 2. The van der Waals surface area contributed by atoms with Crippen LogP contribution in [-0.2, 0) is 4.79 Å². The number of carbonyl (C=O) groups excluding carboxylic acids is 1. The fraction of sp³-hybridized carbons (Fsp3) is 0.292. The van der Waals surface area contributed by atoms with Gasteiger partial charge in [0.15, 0.2) is 6.61 Å². The lowest BCUT2D eigenvalue weighted by atomic mass is 9.94. The summed E-state index contributed by atoms with van der Waals surface area (Å²) in [7, 11) is 0. The van der Waals surface area contributed by atoms with Crippen LogP contribution in [0.1, 0.15) is 30.0 Å². The normalized spacial score (nSPS) is 16.4. The van der Waals surface area contributed by atoms with Crippen LogP contribution in [0.2, 0.25) is 0 Å². The molecule has 0 radical (unpaired) electrons. The van der Waals surface area contributed by atoms with E-state index in [0.29, 0.717) is 12.3 Å². The van der Waals surface area contributed by atoms with Gasteiger partial charge in [-0.25, -0.2) is 4.98 Å². The lowest BCUT2D eigenvalue weighted by Crippen LogP contribution is -2.41. The molecule has 0 N–H and O–H groups in total. The molecule has 5 heteroatoms. The number of nitrogens with zero attached hydrogens (tertiary/aromatic N) is 3. The SMILES string of the molecule is Cc1cccc(-c2cncc([C@@H]3CCCN(C(=O)COc4ccccc4)C3)n2)c1. The van der Waals surface area contributed by atoms with E-state index in [1.165, 1.54) is 5.56 Å².